The Morgan fingerprint density at radius 3 is 2.73 bits per heavy atom. The first-order valence-electron chi connectivity index (χ1n) is 8.42. The molecule has 6 nitrogen and oxygen atoms in total. The van der Waals surface area contributed by atoms with Crippen molar-refractivity contribution in [3.63, 3.8) is 0 Å². The van der Waals surface area contributed by atoms with Crippen molar-refractivity contribution in [1.29, 1.82) is 0 Å². The maximum Gasteiger partial charge on any atom is 0.251 e. The van der Waals surface area contributed by atoms with Gasteiger partial charge in [0.1, 0.15) is 23.6 Å². The van der Waals surface area contributed by atoms with E-state index in [1.807, 2.05) is 39.0 Å². The molecule has 0 spiro atoms. The van der Waals surface area contributed by atoms with Crippen LogP contribution in [0.1, 0.15) is 29.9 Å². The van der Waals surface area contributed by atoms with Crippen molar-refractivity contribution >= 4 is 16.9 Å². The molecule has 3 rings (SSSR count). The predicted octanol–water partition coefficient (Wildman–Crippen LogP) is 3.10. The molecule has 0 aliphatic carbocycles. The van der Waals surface area contributed by atoms with Gasteiger partial charge in [-0.1, -0.05) is 0 Å². The smallest absolute Gasteiger partial charge is 0.251 e. The van der Waals surface area contributed by atoms with Gasteiger partial charge in [-0.2, -0.15) is 0 Å². The van der Waals surface area contributed by atoms with Crippen molar-refractivity contribution in [3.8, 4) is 5.75 Å². The van der Waals surface area contributed by atoms with Crippen LogP contribution >= 0.6 is 0 Å². The Kier molecular flexibility index (Phi) is 4.84. The Hall–Kier alpha value is -3.02. The number of methoxy groups -OCH3 is 1. The van der Waals surface area contributed by atoms with E-state index in [0.29, 0.717) is 5.76 Å². The van der Waals surface area contributed by atoms with E-state index >= 15 is 0 Å². The summed E-state index contributed by atoms with van der Waals surface area (Å²) in [5, 5.41) is 3.85. The van der Waals surface area contributed by atoms with E-state index in [1.165, 1.54) is 10.6 Å². The Bertz CT molecular complexity index is 1020. The van der Waals surface area contributed by atoms with Gasteiger partial charge in [-0.3, -0.25) is 9.59 Å². The number of aromatic nitrogens is 1. The number of pyridine rings is 1. The van der Waals surface area contributed by atoms with E-state index in [9.17, 15) is 9.59 Å². The second-order valence-electron chi connectivity index (χ2n) is 6.41. The number of fused-ring (bicyclic) bond motifs is 1. The molecule has 0 saturated carbocycles. The number of hydrogen-bond acceptors (Lipinski definition) is 4. The Labute approximate surface area is 151 Å². The molecular weight excluding hydrogens is 332 g/mol. The van der Waals surface area contributed by atoms with Crippen LogP contribution in [0.2, 0.25) is 0 Å². The summed E-state index contributed by atoms with van der Waals surface area (Å²) >= 11 is 0. The molecule has 1 unspecified atom stereocenters. The summed E-state index contributed by atoms with van der Waals surface area (Å²) in [6.45, 7) is 5.62. The number of amides is 1. The van der Waals surface area contributed by atoms with E-state index in [2.05, 4.69) is 5.32 Å². The van der Waals surface area contributed by atoms with E-state index in [-0.39, 0.29) is 24.1 Å². The van der Waals surface area contributed by atoms with E-state index in [1.54, 1.807) is 19.4 Å². The summed E-state index contributed by atoms with van der Waals surface area (Å²) in [5.41, 5.74) is 2.38. The quantitative estimate of drug-likeness (QED) is 0.764. The molecule has 0 bridgehead atoms. The van der Waals surface area contributed by atoms with Crippen LogP contribution in [0.25, 0.3) is 11.0 Å². The second kappa shape index (κ2) is 7.07. The van der Waals surface area contributed by atoms with E-state index in [4.69, 9.17) is 9.15 Å². The molecule has 6 heteroatoms. The molecule has 0 fully saturated rings. The molecule has 0 aliphatic heterocycles. The Morgan fingerprint density at radius 1 is 1.27 bits per heavy atom. The minimum absolute atomic E-state index is 0.0312. The number of furan rings is 1. The number of carbonyl (C=O) groups is 1. The van der Waals surface area contributed by atoms with E-state index in [0.717, 1.165) is 27.8 Å². The predicted molar refractivity (Wildman–Crippen MR) is 99.5 cm³/mol. The molecule has 1 N–H and O–H groups in total. The van der Waals surface area contributed by atoms with Gasteiger partial charge in [-0.15, -0.1) is 0 Å². The monoisotopic (exact) mass is 354 g/mol. The maximum atomic E-state index is 12.3. The minimum Gasteiger partial charge on any atom is -0.497 e. The number of ether oxygens (including phenoxy) is 1. The van der Waals surface area contributed by atoms with Gasteiger partial charge in [0.2, 0.25) is 5.91 Å². The molecule has 26 heavy (non-hydrogen) atoms. The largest absolute Gasteiger partial charge is 0.497 e. The van der Waals surface area contributed by atoms with Crippen LogP contribution in [-0.2, 0) is 11.3 Å². The van der Waals surface area contributed by atoms with Gasteiger partial charge in [0, 0.05) is 23.2 Å². The summed E-state index contributed by atoms with van der Waals surface area (Å²) in [5.74, 6) is 1.20. The van der Waals surface area contributed by atoms with Crippen LogP contribution in [0.4, 0.5) is 0 Å². The lowest BCUT2D eigenvalue weighted by atomic mass is 10.1. The van der Waals surface area contributed by atoms with Gasteiger partial charge in [0.15, 0.2) is 0 Å². The third-order valence-electron chi connectivity index (χ3n) is 4.42. The molecule has 1 atom stereocenters. The Balaban J connectivity index is 1.78. The highest BCUT2D eigenvalue weighted by atomic mass is 16.5. The molecular formula is C20H22N2O4. The van der Waals surface area contributed by atoms with Crippen LogP contribution < -0.4 is 15.6 Å². The van der Waals surface area contributed by atoms with Crippen LogP contribution in [0.5, 0.6) is 5.75 Å². The summed E-state index contributed by atoms with van der Waals surface area (Å²) in [4.78, 5) is 24.2. The molecule has 1 aromatic carbocycles. The lowest BCUT2D eigenvalue weighted by molar-refractivity contribution is -0.122. The molecule has 2 heterocycles. The average Bonchev–Trinajstić information content (AvgIpc) is 2.93. The van der Waals surface area contributed by atoms with Crippen molar-refractivity contribution in [1.82, 2.24) is 9.88 Å². The van der Waals surface area contributed by atoms with Gasteiger partial charge in [0.05, 0.1) is 13.2 Å². The van der Waals surface area contributed by atoms with Crippen molar-refractivity contribution < 1.29 is 13.9 Å². The lowest BCUT2D eigenvalue weighted by Crippen LogP contribution is -2.33. The minimum atomic E-state index is -0.318. The summed E-state index contributed by atoms with van der Waals surface area (Å²) in [6.07, 6.45) is 1.63. The Morgan fingerprint density at radius 2 is 2.04 bits per heavy atom. The van der Waals surface area contributed by atoms with Crippen molar-refractivity contribution in [3.05, 3.63) is 63.8 Å². The molecule has 3 aromatic rings. The fourth-order valence-electron chi connectivity index (χ4n) is 3.00. The van der Waals surface area contributed by atoms with E-state index < -0.39 is 0 Å². The molecule has 2 aromatic heterocycles. The van der Waals surface area contributed by atoms with Crippen LogP contribution in [0, 0.1) is 13.8 Å². The van der Waals surface area contributed by atoms with Crippen molar-refractivity contribution in [2.75, 3.05) is 7.11 Å². The fraction of sp³-hybridized carbons (Fsp3) is 0.300. The van der Waals surface area contributed by atoms with Crippen molar-refractivity contribution in [2.45, 2.75) is 33.4 Å². The number of hydrogen-bond donors (Lipinski definition) is 1. The number of carbonyl (C=O) groups excluding carboxylic acids is 1. The average molecular weight is 354 g/mol. The number of nitrogens with zero attached hydrogens (tertiary/aromatic N) is 1. The zero-order chi connectivity index (χ0) is 18.8. The lowest BCUT2D eigenvalue weighted by Gasteiger charge is -2.13. The second-order valence-corrected chi connectivity index (χ2v) is 6.41. The van der Waals surface area contributed by atoms with Gasteiger partial charge >= 0.3 is 0 Å². The summed E-state index contributed by atoms with van der Waals surface area (Å²) in [6, 6.07) is 8.59. The third-order valence-corrected chi connectivity index (χ3v) is 4.42. The first kappa shape index (κ1) is 17.8. The standard InChI is InChI=1S/C20H22N2O4/c1-12-7-8-22(19(24)9-12)11-18(23)21-14(3)20-13(2)16-10-15(25-4)5-6-17(16)26-20/h5-10,14H,11H2,1-4H3,(H,21,23). The van der Waals surface area contributed by atoms with Gasteiger partial charge in [-0.25, -0.2) is 0 Å². The topological polar surface area (TPSA) is 73.5 Å². The first-order chi connectivity index (χ1) is 12.4. The highest BCUT2D eigenvalue weighted by Crippen LogP contribution is 2.31. The zero-order valence-electron chi connectivity index (χ0n) is 15.3. The maximum absolute atomic E-state index is 12.3. The van der Waals surface area contributed by atoms with Gasteiger partial charge < -0.3 is 19.0 Å². The number of benzene rings is 1. The molecule has 136 valence electrons. The number of rotatable bonds is 5. The SMILES string of the molecule is COc1ccc2oc(C(C)NC(=O)Cn3ccc(C)cc3=O)c(C)c2c1. The van der Waals surface area contributed by atoms with Crippen LogP contribution in [-0.4, -0.2) is 17.6 Å². The fourth-order valence-corrected chi connectivity index (χ4v) is 3.00. The number of aryl methyl sites for hydroxylation is 2. The van der Waals surface area contributed by atoms with Crippen LogP contribution in [0.3, 0.4) is 0 Å². The molecule has 0 radical (unpaired) electrons. The molecule has 0 saturated heterocycles. The number of nitrogens with one attached hydrogen (secondary N) is 1. The van der Waals surface area contributed by atoms with Gasteiger partial charge in [-0.05, 0) is 50.6 Å². The highest BCUT2D eigenvalue weighted by Gasteiger charge is 2.19. The highest BCUT2D eigenvalue weighted by molar-refractivity contribution is 5.84. The normalized spacial score (nSPS) is 12.2. The molecule has 0 aliphatic rings. The first-order valence-corrected chi connectivity index (χ1v) is 8.42. The molecule has 1 amide bonds. The summed E-state index contributed by atoms with van der Waals surface area (Å²) in [7, 11) is 1.62. The van der Waals surface area contributed by atoms with Crippen molar-refractivity contribution in [2.24, 2.45) is 0 Å². The summed E-state index contributed by atoms with van der Waals surface area (Å²) < 4.78 is 12.5. The third kappa shape index (κ3) is 3.49. The van der Waals surface area contributed by atoms with Gasteiger partial charge in [0.25, 0.3) is 5.56 Å². The van der Waals surface area contributed by atoms with Crippen LogP contribution in [0.15, 0.2) is 45.7 Å². The zero-order valence-corrected chi connectivity index (χ0v) is 15.3.